The molecule has 2 N–H and O–H groups in total. The van der Waals surface area contributed by atoms with Crippen molar-refractivity contribution in [2.24, 2.45) is 0 Å². The Bertz CT molecular complexity index is 916. The van der Waals surface area contributed by atoms with Crippen molar-refractivity contribution >= 4 is 33.3 Å². The highest BCUT2D eigenvalue weighted by molar-refractivity contribution is 7.99. The lowest BCUT2D eigenvalue weighted by Crippen LogP contribution is -2.21. The molecule has 1 aliphatic rings. The van der Waals surface area contributed by atoms with Gasteiger partial charge in [-0.25, -0.2) is 14.6 Å². The molecule has 4 rings (SSSR count). The van der Waals surface area contributed by atoms with Crippen LogP contribution in [0.15, 0.2) is 16.5 Å². The summed E-state index contributed by atoms with van der Waals surface area (Å²) in [5, 5.41) is 8.10. The van der Waals surface area contributed by atoms with Crippen LogP contribution in [-0.4, -0.2) is 24.8 Å². The number of halogens is 3. The number of hydrogen-bond donors (Lipinski definition) is 1. The van der Waals surface area contributed by atoms with E-state index in [1.807, 2.05) is 0 Å². The van der Waals surface area contributed by atoms with E-state index in [9.17, 15) is 13.2 Å². The van der Waals surface area contributed by atoms with Gasteiger partial charge in [0.1, 0.15) is 16.2 Å². The predicted molar refractivity (Wildman–Crippen MR) is 83.4 cm³/mol. The van der Waals surface area contributed by atoms with Gasteiger partial charge in [0.25, 0.3) is 5.82 Å². The first-order valence-electron chi connectivity index (χ1n) is 7.16. The zero-order valence-electron chi connectivity index (χ0n) is 12.2. The van der Waals surface area contributed by atoms with Gasteiger partial charge in [-0.05, 0) is 43.0 Å². The molecule has 0 unspecified atom stereocenters. The summed E-state index contributed by atoms with van der Waals surface area (Å²) in [5.41, 5.74) is 1.20. The van der Waals surface area contributed by atoms with Crippen LogP contribution >= 0.6 is 23.1 Å². The second kappa shape index (κ2) is 5.59. The van der Waals surface area contributed by atoms with Crippen LogP contribution in [0.3, 0.4) is 0 Å². The molecule has 11 heteroatoms. The molecule has 0 aromatic carbocycles. The van der Waals surface area contributed by atoms with Crippen LogP contribution in [0.4, 0.5) is 13.2 Å². The van der Waals surface area contributed by atoms with Crippen LogP contribution in [0.5, 0.6) is 0 Å². The highest BCUT2D eigenvalue weighted by atomic mass is 32.2. The lowest BCUT2D eigenvalue weighted by Gasteiger charge is -2.11. The van der Waals surface area contributed by atoms with Gasteiger partial charge in [-0.3, -0.25) is 0 Å². The van der Waals surface area contributed by atoms with E-state index in [0.717, 1.165) is 47.7 Å². The second-order valence-electron chi connectivity index (χ2n) is 5.35. The first-order chi connectivity index (χ1) is 11.4. The van der Waals surface area contributed by atoms with Gasteiger partial charge >= 0.3 is 6.18 Å². The van der Waals surface area contributed by atoms with Gasteiger partial charge in [0.15, 0.2) is 0 Å². The largest absolute Gasteiger partial charge is 0.453 e. The molecule has 0 spiro atoms. The van der Waals surface area contributed by atoms with Crippen molar-refractivity contribution in [3.05, 3.63) is 22.6 Å². The van der Waals surface area contributed by atoms with Crippen LogP contribution in [0.2, 0.25) is 0 Å². The molecular formula is C13H11F3N6S2. The molecule has 0 saturated carbocycles. The minimum atomic E-state index is -4.65. The van der Waals surface area contributed by atoms with E-state index in [1.54, 1.807) is 11.3 Å². The molecule has 0 fully saturated rings. The summed E-state index contributed by atoms with van der Waals surface area (Å²) >= 11 is 2.60. The Balaban J connectivity index is 1.78. The van der Waals surface area contributed by atoms with Crippen LogP contribution in [0.25, 0.3) is 10.2 Å². The Labute approximate surface area is 142 Å². The van der Waals surface area contributed by atoms with E-state index in [1.165, 1.54) is 16.8 Å². The second-order valence-corrected chi connectivity index (χ2v) is 7.39. The van der Waals surface area contributed by atoms with Gasteiger partial charge in [-0.2, -0.15) is 13.2 Å². The maximum atomic E-state index is 12.8. The number of nitrogens with two attached hydrogens (primary N) is 1. The monoisotopic (exact) mass is 372 g/mol. The van der Waals surface area contributed by atoms with Gasteiger partial charge in [-0.15, -0.1) is 21.5 Å². The summed E-state index contributed by atoms with van der Waals surface area (Å²) in [6.07, 6.45) is 0.924. The van der Waals surface area contributed by atoms with Crippen molar-refractivity contribution in [2.75, 3.05) is 5.84 Å². The SMILES string of the molecule is Nn1c(Sc2ncnc3sc4c(c23)CCCC4)nnc1C(F)(F)F. The molecule has 3 heterocycles. The van der Waals surface area contributed by atoms with Crippen molar-refractivity contribution in [2.45, 2.75) is 42.0 Å². The first-order valence-corrected chi connectivity index (χ1v) is 8.79. The van der Waals surface area contributed by atoms with Crippen LogP contribution in [0.1, 0.15) is 29.1 Å². The van der Waals surface area contributed by atoms with Crippen molar-refractivity contribution < 1.29 is 13.2 Å². The van der Waals surface area contributed by atoms with Gasteiger partial charge in [0, 0.05) is 10.3 Å². The fourth-order valence-corrected chi connectivity index (χ4v) is 4.92. The summed E-state index contributed by atoms with van der Waals surface area (Å²) < 4.78 is 38.8. The van der Waals surface area contributed by atoms with Crippen LogP contribution in [0, 0.1) is 0 Å². The molecule has 126 valence electrons. The number of nitrogen functional groups attached to an aromatic ring is 1. The number of thiophene rings is 1. The zero-order chi connectivity index (χ0) is 16.9. The maximum absolute atomic E-state index is 12.8. The molecule has 0 atom stereocenters. The molecule has 1 aliphatic carbocycles. The lowest BCUT2D eigenvalue weighted by molar-refractivity contribution is -0.146. The number of aromatic nitrogens is 5. The lowest BCUT2D eigenvalue weighted by atomic mass is 9.97. The Morgan fingerprint density at radius 2 is 1.96 bits per heavy atom. The van der Waals surface area contributed by atoms with Gasteiger partial charge in [0.05, 0.1) is 0 Å². The Kier molecular flexibility index (Phi) is 3.64. The number of hydrogen-bond acceptors (Lipinski definition) is 7. The average Bonchev–Trinajstić information content (AvgIpc) is 3.08. The molecule has 3 aromatic heterocycles. The average molecular weight is 372 g/mol. The van der Waals surface area contributed by atoms with Crippen molar-refractivity contribution in [1.82, 2.24) is 24.8 Å². The van der Waals surface area contributed by atoms with E-state index in [4.69, 9.17) is 5.84 Å². The number of fused-ring (bicyclic) bond motifs is 3. The van der Waals surface area contributed by atoms with Gasteiger partial charge in [0.2, 0.25) is 5.16 Å². The molecule has 0 radical (unpaired) electrons. The fourth-order valence-electron chi connectivity index (χ4n) is 2.77. The minimum Gasteiger partial charge on any atom is -0.335 e. The molecule has 24 heavy (non-hydrogen) atoms. The van der Waals surface area contributed by atoms with Crippen molar-refractivity contribution in [3.8, 4) is 0 Å². The molecule has 0 aliphatic heterocycles. The van der Waals surface area contributed by atoms with Gasteiger partial charge < -0.3 is 5.84 Å². The quantitative estimate of drug-likeness (QED) is 0.550. The molecule has 3 aromatic rings. The zero-order valence-corrected chi connectivity index (χ0v) is 13.8. The maximum Gasteiger partial charge on any atom is 0.453 e. The summed E-state index contributed by atoms with van der Waals surface area (Å²) in [4.78, 5) is 10.7. The third-order valence-corrected chi connectivity index (χ3v) is 5.99. The summed E-state index contributed by atoms with van der Waals surface area (Å²) in [5.74, 6) is 4.27. The predicted octanol–water partition coefficient (Wildman–Crippen LogP) is 3.05. The third kappa shape index (κ3) is 2.51. The van der Waals surface area contributed by atoms with Crippen LogP contribution < -0.4 is 5.84 Å². The van der Waals surface area contributed by atoms with Crippen LogP contribution in [-0.2, 0) is 19.0 Å². The van der Waals surface area contributed by atoms with Gasteiger partial charge in [-0.1, -0.05) is 0 Å². The highest BCUT2D eigenvalue weighted by Crippen LogP contribution is 2.41. The summed E-state index contributed by atoms with van der Waals surface area (Å²) in [6, 6.07) is 0. The fraction of sp³-hybridized carbons (Fsp3) is 0.385. The van der Waals surface area contributed by atoms with Crippen molar-refractivity contribution in [1.29, 1.82) is 0 Å². The Morgan fingerprint density at radius 1 is 1.17 bits per heavy atom. The van der Waals surface area contributed by atoms with E-state index >= 15 is 0 Å². The van der Waals surface area contributed by atoms with E-state index in [0.29, 0.717) is 9.70 Å². The van der Waals surface area contributed by atoms with E-state index in [-0.39, 0.29) is 5.16 Å². The smallest absolute Gasteiger partial charge is 0.335 e. The standard InChI is InChI=1S/C13H11F3N6S2/c14-13(15,16)11-20-21-12(22(11)17)24-10-8-6-3-1-2-4-7(6)23-9(8)18-5-19-10/h5H,1-4,17H2. The van der Waals surface area contributed by atoms with E-state index in [2.05, 4.69) is 20.2 Å². The highest BCUT2D eigenvalue weighted by Gasteiger charge is 2.38. The molecule has 6 nitrogen and oxygen atoms in total. The minimum absolute atomic E-state index is 0.0573. The number of aryl methyl sites for hydroxylation is 2. The summed E-state index contributed by atoms with van der Waals surface area (Å²) in [6.45, 7) is 0. The Hall–Kier alpha value is -1.88. The first kappa shape index (κ1) is 15.6. The molecule has 0 bridgehead atoms. The molecular weight excluding hydrogens is 361 g/mol. The third-order valence-electron chi connectivity index (χ3n) is 3.82. The van der Waals surface area contributed by atoms with E-state index < -0.39 is 12.0 Å². The normalized spacial score (nSPS) is 15.0. The summed E-state index contributed by atoms with van der Waals surface area (Å²) in [7, 11) is 0. The number of rotatable bonds is 2. The Morgan fingerprint density at radius 3 is 2.71 bits per heavy atom. The van der Waals surface area contributed by atoms with Crippen molar-refractivity contribution in [3.63, 3.8) is 0 Å². The topological polar surface area (TPSA) is 82.5 Å². The number of alkyl halides is 3. The molecule has 0 saturated heterocycles. The number of nitrogens with zero attached hydrogens (tertiary/aromatic N) is 5. The molecule has 0 amide bonds.